The maximum absolute atomic E-state index is 13.0. The number of aromatic nitrogens is 2. The van der Waals surface area contributed by atoms with E-state index in [4.69, 9.17) is 4.74 Å². The van der Waals surface area contributed by atoms with Crippen LogP contribution in [0.1, 0.15) is 25.3 Å². The van der Waals surface area contributed by atoms with Gasteiger partial charge in [0.25, 0.3) is 0 Å². The number of benzene rings is 1. The van der Waals surface area contributed by atoms with Gasteiger partial charge in [-0.3, -0.25) is 9.48 Å². The van der Waals surface area contributed by atoms with Gasteiger partial charge < -0.3 is 10.1 Å². The summed E-state index contributed by atoms with van der Waals surface area (Å²) in [5.41, 5.74) is 1.39. The van der Waals surface area contributed by atoms with E-state index in [-0.39, 0.29) is 36.4 Å². The molecule has 144 valence electrons. The molecule has 8 nitrogen and oxygen atoms in total. The molecular weight excluding hydrogens is 368 g/mol. The topological polar surface area (TPSA) is 93.5 Å². The number of rotatable bonds is 5. The zero-order chi connectivity index (χ0) is 19.0. The third kappa shape index (κ3) is 3.70. The van der Waals surface area contributed by atoms with E-state index in [0.29, 0.717) is 18.0 Å². The van der Waals surface area contributed by atoms with Gasteiger partial charge in [-0.05, 0) is 38.0 Å². The lowest BCUT2D eigenvalue weighted by molar-refractivity contribution is -0.117. The zero-order valence-electron chi connectivity index (χ0n) is 15.1. The number of ether oxygens (including phenoxy) is 1. The van der Waals surface area contributed by atoms with Crippen LogP contribution in [0.3, 0.4) is 0 Å². The van der Waals surface area contributed by atoms with Crippen molar-refractivity contribution in [1.82, 2.24) is 14.1 Å². The Morgan fingerprint density at radius 1 is 1.37 bits per heavy atom. The third-order valence-electron chi connectivity index (χ3n) is 4.79. The van der Waals surface area contributed by atoms with Gasteiger partial charge in [-0.25, -0.2) is 8.42 Å². The maximum atomic E-state index is 13.0. The minimum atomic E-state index is -3.67. The SMILES string of the molecule is CCn1cc(S(=O)(=O)N2CCOc3ccc(NC(=O)C4CC4)cc3C2)cn1. The first-order chi connectivity index (χ1) is 13.0. The normalized spacial score (nSPS) is 17.7. The van der Waals surface area contributed by atoms with Gasteiger partial charge >= 0.3 is 0 Å². The van der Waals surface area contributed by atoms with Crippen LogP contribution in [-0.2, 0) is 27.9 Å². The predicted octanol–water partition coefficient (Wildman–Crippen LogP) is 1.83. The first-order valence-electron chi connectivity index (χ1n) is 9.06. The van der Waals surface area contributed by atoms with Crippen LogP contribution in [0.5, 0.6) is 5.75 Å². The van der Waals surface area contributed by atoms with Gasteiger partial charge in [-0.15, -0.1) is 0 Å². The van der Waals surface area contributed by atoms with E-state index in [1.54, 1.807) is 22.9 Å². The van der Waals surface area contributed by atoms with Crippen molar-refractivity contribution in [3.63, 3.8) is 0 Å². The van der Waals surface area contributed by atoms with Crippen molar-refractivity contribution in [2.24, 2.45) is 5.92 Å². The molecule has 1 aromatic heterocycles. The number of anilines is 1. The van der Waals surface area contributed by atoms with Crippen molar-refractivity contribution >= 4 is 21.6 Å². The van der Waals surface area contributed by atoms with Crippen LogP contribution < -0.4 is 10.1 Å². The van der Waals surface area contributed by atoms with Gasteiger partial charge in [0.15, 0.2) is 0 Å². The van der Waals surface area contributed by atoms with Crippen molar-refractivity contribution < 1.29 is 17.9 Å². The van der Waals surface area contributed by atoms with Crippen LogP contribution in [0, 0.1) is 5.92 Å². The number of carbonyl (C=O) groups is 1. The van der Waals surface area contributed by atoms with Crippen molar-refractivity contribution in [3.8, 4) is 5.75 Å². The molecule has 0 unspecified atom stereocenters. The Balaban J connectivity index is 1.58. The fourth-order valence-electron chi connectivity index (χ4n) is 3.04. The number of carbonyl (C=O) groups excluding carboxylic acids is 1. The molecular formula is C18H22N4O4S. The molecule has 2 aliphatic rings. The summed E-state index contributed by atoms with van der Waals surface area (Å²) in [6.07, 6.45) is 4.76. The van der Waals surface area contributed by atoms with E-state index < -0.39 is 10.0 Å². The molecule has 1 amide bonds. The Kier molecular flexibility index (Phi) is 4.65. The summed E-state index contributed by atoms with van der Waals surface area (Å²) in [5, 5.41) is 6.96. The lowest BCUT2D eigenvalue weighted by Gasteiger charge is -2.18. The predicted molar refractivity (Wildman–Crippen MR) is 98.8 cm³/mol. The van der Waals surface area contributed by atoms with E-state index in [9.17, 15) is 13.2 Å². The van der Waals surface area contributed by atoms with Gasteiger partial charge in [0.05, 0.1) is 6.20 Å². The van der Waals surface area contributed by atoms with Crippen molar-refractivity contribution in [2.45, 2.75) is 37.8 Å². The molecule has 1 aliphatic carbocycles. The molecule has 0 radical (unpaired) electrons. The average molecular weight is 390 g/mol. The molecule has 27 heavy (non-hydrogen) atoms. The molecule has 0 atom stereocenters. The molecule has 0 saturated heterocycles. The highest BCUT2D eigenvalue weighted by Crippen LogP contribution is 2.32. The molecule has 0 spiro atoms. The minimum absolute atomic E-state index is 0.0148. The molecule has 1 aliphatic heterocycles. The van der Waals surface area contributed by atoms with Crippen molar-refractivity contribution in [3.05, 3.63) is 36.2 Å². The summed E-state index contributed by atoms with van der Waals surface area (Å²) in [6.45, 7) is 3.20. The Labute approximate surface area is 158 Å². The second-order valence-corrected chi connectivity index (χ2v) is 8.74. The molecule has 1 saturated carbocycles. The average Bonchev–Trinajstić information content (AvgIpc) is 3.42. The molecule has 1 N–H and O–H groups in total. The molecule has 2 heterocycles. The number of sulfonamides is 1. The third-order valence-corrected chi connectivity index (χ3v) is 6.59. The minimum Gasteiger partial charge on any atom is -0.492 e. The first kappa shape index (κ1) is 18.0. The largest absolute Gasteiger partial charge is 0.492 e. The number of hydrogen-bond donors (Lipinski definition) is 1. The van der Waals surface area contributed by atoms with Crippen LogP contribution in [0.2, 0.25) is 0 Å². The first-order valence-corrected chi connectivity index (χ1v) is 10.5. The van der Waals surface area contributed by atoms with Gasteiger partial charge in [-0.2, -0.15) is 9.40 Å². The summed E-state index contributed by atoms with van der Waals surface area (Å²) >= 11 is 0. The summed E-state index contributed by atoms with van der Waals surface area (Å²) in [4.78, 5) is 12.2. The second-order valence-electron chi connectivity index (χ2n) is 6.80. The van der Waals surface area contributed by atoms with Crippen molar-refractivity contribution in [1.29, 1.82) is 0 Å². The van der Waals surface area contributed by atoms with Crippen LogP contribution in [0.25, 0.3) is 0 Å². The monoisotopic (exact) mass is 390 g/mol. The Bertz CT molecular complexity index is 965. The number of nitrogens with one attached hydrogen (secondary N) is 1. The number of fused-ring (bicyclic) bond motifs is 1. The molecule has 0 bridgehead atoms. The van der Waals surface area contributed by atoms with Crippen LogP contribution in [-0.4, -0.2) is 41.6 Å². The quantitative estimate of drug-likeness (QED) is 0.841. The van der Waals surface area contributed by atoms with E-state index in [2.05, 4.69) is 10.4 Å². The van der Waals surface area contributed by atoms with E-state index >= 15 is 0 Å². The van der Waals surface area contributed by atoms with E-state index in [0.717, 1.165) is 18.4 Å². The van der Waals surface area contributed by atoms with Gasteiger partial charge in [0.1, 0.15) is 17.3 Å². The molecule has 2 aromatic rings. The van der Waals surface area contributed by atoms with Gasteiger partial charge in [0.2, 0.25) is 15.9 Å². The van der Waals surface area contributed by atoms with Crippen LogP contribution in [0.4, 0.5) is 5.69 Å². The maximum Gasteiger partial charge on any atom is 0.246 e. The lowest BCUT2D eigenvalue weighted by atomic mass is 10.1. The highest BCUT2D eigenvalue weighted by atomic mass is 32.2. The molecule has 1 fully saturated rings. The molecule has 9 heteroatoms. The van der Waals surface area contributed by atoms with E-state index in [1.165, 1.54) is 16.7 Å². The number of nitrogens with zero attached hydrogens (tertiary/aromatic N) is 3. The Morgan fingerprint density at radius 3 is 2.89 bits per heavy atom. The highest BCUT2D eigenvalue weighted by molar-refractivity contribution is 7.89. The van der Waals surface area contributed by atoms with Gasteiger partial charge in [-0.1, -0.05) is 0 Å². The number of hydrogen-bond acceptors (Lipinski definition) is 5. The summed E-state index contributed by atoms with van der Waals surface area (Å²) in [6, 6.07) is 5.36. The van der Waals surface area contributed by atoms with Crippen LogP contribution in [0.15, 0.2) is 35.5 Å². The van der Waals surface area contributed by atoms with Crippen molar-refractivity contribution in [2.75, 3.05) is 18.5 Å². The number of amides is 1. The van der Waals surface area contributed by atoms with Gasteiger partial charge in [0, 0.05) is 43.0 Å². The number of aryl methyl sites for hydroxylation is 1. The lowest BCUT2D eigenvalue weighted by Crippen LogP contribution is -2.32. The molecule has 4 rings (SSSR count). The summed E-state index contributed by atoms with van der Waals surface area (Å²) < 4.78 is 34.7. The Morgan fingerprint density at radius 2 is 2.19 bits per heavy atom. The van der Waals surface area contributed by atoms with E-state index in [1.807, 2.05) is 6.92 Å². The highest BCUT2D eigenvalue weighted by Gasteiger charge is 2.31. The zero-order valence-corrected chi connectivity index (χ0v) is 15.9. The smallest absolute Gasteiger partial charge is 0.246 e. The standard InChI is InChI=1S/C18H22N4O4S/c1-2-21-12-16(10-19-21)27(24,25)22-7-8-26-17-6-5-15(9-14(17)11-22)20-18(23)13-3-4-13/h5-6,9-10,12-13H,2-4,7-8,11H2,1H3,(H,20,23). The fraction of sp³-hybridized carbons (Fsp3) is 0.444. The molecule has 1 aromatic carbocycles. The summed E-state index contributed by atoms with van der Waals surface area (Å²) in [5.74, 6) is 0.759. The van der Waals surface area contributed by atoms with Crippen LogP contribution >= 0.6 is 0 Å². The summed E-state index contributed by atoms with van der Waals surface area (Å²) in [7, 11) is -3.67. The Hall–Kier alpha value is -2.39. The second kappa shape index (κ2) is 6.97. The fourth-order valence-corrected chi connectivity index (χ4v) is 4.40.